The molecule has 2 aromatic rings. The normalized spacial score (nSPS) is 15.8. The highest BCUT2D eigenvalue weighted by molar-refractivity contribution is 5.94. The molecule has 1 aromatic carbocycles. The van der Waals surface area contributed by atoms with E-state index in [2.05, 4.69) is 5.32 Å². The molecule has 1 N–H and O–H groups in total. The second-order valence-corrected chi connectivity index (χ2v) is 6.33. The minimum Gasteiger partial charge on any atom is -0.497 e. The minimum atomic E-state index is -0.676. The van der Waals surface area contributed by atoms with Crippen LogP contribution in [0.2, 0.25) is 0 Å². The van der Waals surface area contributed by atoms with Crippen molar-refractivity contribution < 1.29 is 14.3 Å². The molecule has 8 nitrogen and oxygen atoms in total. The molecule has 1 aromatic heterocycles. The molecule has 0 unspecified atom stereocenters. The van der Waals surface area contributed by atoms with Gasteiger partial charge in [0.15, 0.2) is 0 Å². The first-order valence-electron chi connectivity index (χ1n) is 8.31. The molecule has 1 aliphatic heterocycles. The van der Waals surface area contributed by atoms with Crippen molar-refractivity contribution in [1.29, 1.82) is 0 Å². The third-order valence-electron chi connectivity index (χ3n) is 4.84. The zero-order valence-electron chi connectivity index (χ0n) is 15.8. The first-order chi connectivity index (χ1) is 12.8. The Balaban J connectivity index is 2.37. The molecule has 0 saturated carbocycles. The number of nitrogens with zero attached hydrogens (tertiary/aromatic N) is 2. The molecule has 27 heavy (non-hydrogen) atoms. The molecule has 0 saturated heterocycles. The molecule has 0 radical (unpaired) electrons. The second kappa shape index (κ2) is 6.79. The van der Waals surface area contributed by atoms with E-state index in [1.807, 2.05) is 0 Å². The van der Waals surface area contributed by atoms with Crippen LogP contribution >= 0.6 is 0 Å². The van der Waals surface area contributed by atoms with Crippen molar-refractivity contribution in [1.82, 2.24) is 9.13 Å². The van der Waals surface area contributed by atoms with Crippen molar-refractivity contribution >= 4 is 11.8 Å². The summed E-state index contributed by atoms with van der Waals surface area (Å²) >= 11 is 0. The molecule has 0 amide bonds. The number of esters is 1. The first-order valence-corrected chi connectivity index (χ1v) is 8.31. The van der Waals surface area contributed by atoms with Crippen molar-refractivity contribution in [3.63, 3.8) is 0 Å². The number of methoxy groups -OCH3 is 2. The van der Waals surface area contributed by atoms with Crippen LogP contribution in [0, 0.1) is 0 Å². The predicted octanol–water partition coefficient (Wildman–Crippen LogP) is 1.10. The van der Waals surface area contributed by atoms with Gasteiger partial charge in [0, 0.05) is 19.8 Å². The predicted molar refractivity (Wildman–Crippen MR) is 100 cm³/mol. The lowest BCUT2D eigenvalue weighted by atomic mass is 9.82. The largest absolute Gasteiger partial charge is 0.497 e. The van der Waals surface area contributed by atoms with Gasteiger partial charge in [-0.3, -0.25) is 13.9 Å². The van der Waals surface area contributed by atoms with Gasteiger partial charge >= 0.3 is 11.7 Å². The van der Waals surface area contributed by atoms with Gasteiger partial charge in [-0.2, -0.15) is 0 Å². The van der Waals surface area contributed by atoms with Crippen molar-refractivity contribution in [3.8, 4) is 5.75 Å². The lowest BCUT2D eigenvalue weighted by molar-refractivity contribution is -0.136. The Morgan fingerprint density at radius 3 is 2.26 bits per heavy atom. The average molecular weight is 371 g/mol. The van der Waals surface area contributed by atoms with Crippen molar-refractivity contribution in [2.75, 3.05) is 19.5 Å². The number of benzene rings is 1. The molecule has 0 aliphatic carbocycles. The molecule has 3 rings (SSSR count). The number of rotatable bonds is 3. The van der Waals surface area contributed by atoms with E-state index >= 15 is 0 Å². The summed E-state index contributed by atoms with van der Waals surface area (Å²) in [6, 6.07) is 7.10. The van der Waals surface area contributed by atoms with E-state index in [0.29, 0.717) is 34.0 Å². The van der Waals surface area contributed by atoms with Gasteiger partial charge in [0.2, 0.25) is 0 Å². The van der Waals surface area contributed by atoms with Crippen LogP contribution in [0.5, 0.6) is 5.75 Å². The molecular weight excluding hydrogens is 350 g/mol. The van der Waals surface area contributed by atoms with E-state index in [-0.39, 0.29) is 0 Å². The Labute approximate surface area is 155 Å². The van der Waals surface area contributed by atoms with Gasteiger partial charge in [-0.1, -0.05) is 12.1 Å². The zero-order valence-corrected chi connectivity index (χ0v) is 15.8. The van der Waals surface area contributed by atoms with Crippen molar-refractivity contribution in [3.05, 3.63) is 67.5 Å². The maximum Gasteiger partial charge on any atom is 0.336 e. The summed E-state index contributed by atoms with van der Waals surface area (Å²) in [7, 11) is 5.85. The summed E-state index contributed by atoms with van der Waals surface area (Å²) in [5.41, 5.74) is 0.971. The van der Waals surface area contributed by atoms with E-state index < -0.39 is 23.1 Å². The Hall–Kier alpha value is -3.29. The number of nitrogens with one attached hydrogen (secondary N) is 1. The van der Waals surface area contributed by atoms with Gasteiger partial charge in [-0.25, -0.2) is 9.59 Å². The highest BCUT2D eigenvalue weighted by Crippen LogP contribution is 2.40. The van der Waals surface area contributed by atoms with Gasteiger partial charge < -0.3 is 14.8 Å². The van der Waals surface area contributed by atoms with Crippen molar-refractivity contribution in [2.24, 2.45) is 14.1 Å². The molecule has 142 valence electrons. The van der Waals surface area contributed by atoms with Crippen LogP contribution in [0.4, 0.5) is 5.82 Å². The summed E-state index contributed by atoms with van der Waals surface area (Å²) in [5, 5.41) is 3.03. The van der Waals surface area contributed by atoms with Crippen LogP contribution in [0.25, 0.3) is 0 Å². The number of aromatic nitrogens is 2. The number of fused-ring (bicyclic) bond motifs is 1. The standard InChI is InChI=1S/C19H21N3O5/c1-10-13(18(24)27-5)14(11-6-8-12(26-4)9-7-11)15-16(20-10)21(2)19(25)22(3)17(15)23/h6-9,14,20H,1-5H3/t14-/m0/s1. The fourth-order valence-electron chi connectivity index (χ4n) is 3.40. The zero-order chi connectivity index (χ0) is 19.9. The Morgan fingerprint density at radius 2 is 1.70 bits per heavy atom. The lowest BCUT2D eigenvalue weighted by Gasteiger charge is -2.30. The average Bonchev–Trinajstić information content (AvgIpc) is 2.69. The summed E-state index contributed by atoms with van der Waals surface area (Å²) in [6.07, 6.45) is 0. The van der Waals surface area contributed by atoms with Gasteiger partial charge in [0.05, 0.1) is 31.3 Å². The fourth-order valence-corrected chi connectivity index (χ4v) is 3.40. The quantitative estimate of drug-likeness (QED) is 0.813. The molecule has 0 bridgehead atoms. The second-order valence-electron chi connectivity index (χ2n) is 6.33. The third kappa shape index (κ3) is 2.83. The lowest BCUT2D eigenvalue weighted by Crippen LogP contribution is -2.43. The topological polar surface area (TPSA) is 91.6 Å². The first kappa shape index (κ1) is 18.5. The Bertz CT molecular complexity index is 1060. The van der Waals surface area contributed by atoms with E-state index in [1.165, 1.54) is 18.7 Å². The SMILES string of the molecule is COC(=O)C1=C(C)Nc2c(c(=O)n(C)c(=O)n2C)[C@H]1c1ccc(OC)cc1. The van der Waals surface area contributed by atoms with Crippen LogP contribution in [0.1, 0.15) is 24.0 Å². The fraction of sp³-hybridized carbons (Fsp3) is 0.316. The molecule has 1 aliphatic rings. The molecule has 1 atom stereocenters. The molecule has 2 heterocycles. The van der Waals surface area contributed by atoms with Crippen LogP contribution in [0.3, 0.4) is 0 Å². The third-order valence-corrected chi connectivity index (χ3v) is 4.84. The maximum absolute atomic E-state index is 13.0. The summed E-state index contributed by atoms with van der Waals surface area (Å²) in [5.74, 6) is -0.192. The number of carbonyl (C=O) groups is 1. The van der Waals surface area contributed by atoms with Gasteiger partial charge in [-0.15, -0.1) is 0 Å². The van der Waals surface area contributed by atoms with E-state index in [9.17, 15) is 14.4 Å². The number of hydrogen-bond acceptors (Lipinski definition) is 6. The monoisotopic (exact) mass is 371 g/mol. The Morgan fingerprint density at radius 1 is 1.07 bits per heavy atom. The number of allylic oxidation sites excluding steroid dienone is 1. The number of anilines is 1. The van der Waals surface area contributed by atoms with Crippen LogP contribution < -0.4 is 21.3 Å². The summed E-state index contributed by atoms with van der Waals surface area (Å²) in [6.45, 7) is 1.72. The van der Waals surface area contributed by atoms with Crippen LogP contribution in [-0.4, -0.2) is 29.3 Å². The van der Waals surface area contributed by atoms with Gasteiger partial charge in [0.25, 0.3) is 5.56 Å². The van der Waals surface area contributed by atoms with E-state index in [1.54, 1.807) is 45.3 Å². The smallest absolute Gasteiger partial charge is 0.336 e. The molecular formula is C19H21N3O5. The van der Waals surface area contributed by atoms with Crippen molar-refractivity contribution in [2.45, 2.75) is 12.8 Å². The molecule has 8 heteroatoms. The number of carbonyl (C=O) groups excluding carboxylic acids is 1. The maximum atomic E-state index is 13.0. The van der Waals surface area contributed by atoms with Crippen LogP contribution in [0.15, 0.2) is 45.1 Å². The van der Waals surface area contributed by atoms with E-state index in [4.69, 9.17) is 9.47 Å². The highest BCUT2D eigenvalue weighted by Gasteiger charge is 2.37. The Kier molecular flexibility index (Phi) is 4.65. The van der Waals surface area contributed by atoms with Gasteiger partial charge in [-0.05, 0) is 24.6 Å². The highest BCUT2D eigenvalue weighted by atomic mass is 16.5. The van der Waals surface area contributed by atoms with Crippen LogP contribution in [-0.2, 0) is 23.6 Å². The molecule has 0 spiro atoms. The molecule has 0 fully saturated rings. The number of ether oxygens (including phenoxy) is 2. The summed E-state index contributed by atoms with van der Waals surface area (Å²) < 4.78 is 12.6. The van der Waals surface area contributed by atoms with Gasteiger partial charge in [0.1, 0.15) is 11.6 Å². The van der Waals surface area contributed by atoms with E-state index in [0.717, 1.165) is 4.57 Å². The number of hydrogen-bond donors (Lipinski definition) is 1. The summed E-state index contributed by atoms with van der Waals surface area (Å²) in [4.78, 5) is 37.8. The minimum absolute atomic E-state index is 0.316.